The summed E-state index contributed by atoms with van der Waals surface area (Å²) in [5.74, 6) is -0.320. The van der Waals surface area contributed by atoms with E-state index in [1.165, 1.54) is 22.8 Å². The van der Waals surface area contributed by atoms with Crippen molar-refractivity contribution in [3.05, 3.63) is 28.8 Å². The lowest BCUT2D eigenvalue weighted by atomic mass is 10.3. The second kappa shape index (κ2) is 6.83. The summed E-state index contributed by atoms with van der Waals surface area (Å²) in [6, 6.07) is 2.49. The van der Waals surface area contributed by atoms with E-state index in [0.29, 0.717) is 29.2 Å². The molecule has 1 fully saturated rings. The monoisotopic (exact) mass is 469 g/mol. The van der Waals surface area contributed by atoms with E-state index in [-0.39, 0.29) is 23.9 Å². The highest BCUT2D eigenvalue weighted by molar-refractivity contribution is 9.10. The number of carbonyl (C=O) groups is 1. The van der Waals surface area contributed by atoms with Crippen LogP contribution in [0.5, 0.6) is 0 Å². The molecule has 0 aromatic carbocycles. The molecule has 0 spiro atoms. The van der Waals surface area contributed by atoms with Crippen LogP contribution in [0.15, 0.2) is 32.6 Å². The van der Waals surface area contributed by atoms with E-state index in [9.17, 15) is 13.2 Å². The van der Waals surface area contributed by atoms with Crippen molar-refractivity contribution in [3.63, 3.8) is 0 Å². The maximum Gasteiger partial charge on any atom is 0.284 e. The van der Waals surface area contributed by atoms with Crippen molar-refractivity contribution in [3.8, 4) is 0 Å². The van der Waals surface area contributed by atoms with Crippen LogP contribution in [0.2, 0.25) is 0 Å². The number of amides is 1. The third kappa shape index (κ3) is 3.04. The van der Waals surface area contributed by atoms with Crippen molar-refractivity contribution in [2.75, 3.05) is 31.1 Å². The first kappa shape index (κ1) is 18.8. The number of piperazine rings is 1. The molecule has 1 aliphatic heterocycles. The van der Waals surface area contributed by atoms with Crippen molar-refractivity contribution < 1.29 is 17.6 Å². The molecule has 4 rings (SSSR count). The number of hydrogen-bond donors (Lipinski definition) is 1. The number of nitrogens with zero attached hydrogens (tertiary/aromatic N) is 6. The van der Waals surface area contributed by atoms with Gasteiger partial charge >= 0.3 is 0 Å². The molecular formula is C15H16BrN7O4S. The number of fused-ring (bicyclic) bond motifs is 1. The number of carbonyl (C=O) groups excluding carboxylic acids is 1. The van der Waals surface area contributed by atoms with E-state index in [4.69, 9.17) is 10.2 Å². The van der Waals surface area contributed by atoms with Crippen LogP contribution in [0.4, 0.5) is 5.82 Å². The number of hydrogen-bond acceptors (Lipinski definition) is 8. The summed E-state index contributed by atoms with van der Waals surface area (Å²) >= 11 is 3.43. The van der Waals surface area contributed by atoms with Crippen LogP contribution < -0.4 is 10.6 Å². The van der Waals surface area contributed by atoms with E-state index in [1.54, 1.807) is 11.7 Å². The molecule has 1 aliphatic rings. The standard InChI is InChI=1S/C15H16BrN7O4S/c1-21-14-11(12(16)20-21)15(19-8-18-14)22-4-6-23(7-5-22)28(25,26)10-3-2-9(27-10)13(17)24/h2-3,8H,4-7H2,1H3,(H2,17,24). The van der Waals surface area contributed by atoms with Crippen molar-refractivity contribution in [1.82, 2.24) is 24.1 Å². The number of rotatable bonds is 4. The van der Waals surface area contributed by atoms with Gasteiger partial charge in [-0.15, -0.1) is 0 Å². The Labute approximate surface area is 168 Å². The topological polar surface area (TPSA) is 140 Å². The van der Waals surface area contributed by atoms with E-state index >= 15 is 0 Å². The maximum atomic E-state index is 12.8. The fourth-order valence-corrected chi connectivity index (χ4v) is 5.05. The Bertz CT molecular complexity index is 1160. The minimum Gasteiger partial charge on any atom is -0.438 e. The second-order valence-electron chi connectivity index (χ2n) is 6.18. The third-order valence-electron chi connectivity index (χ3n) is 4.51. The predicted octanol–water partition coefficient (Wildman–Crippen LogP) is 0.329. The molecule has 11 nitrogen and oxygen atoms in total. The van der Waals surface area contributed by atoms with Crippen molar-refractivity contribution in [1.29, 1.82) is 0 Å². The highest BCUT2D eigenvalue weighted by Gasteiger charge is 2.32. The van der Waals surface area contributed by atoms with E-state index in [1.807, 2.05) is 4.90 Å². The van der Waals surface area contributed by atoms with Gasteiger partial charge in [0.1, 0.15) is 16.7 Å². The number of sulfonamides is 1. The summed E-state index contributed by atoms with van der Waals surface area (Å²) < 4.78 is 34.2. The van der Waals surface area contributed by atoms with Gasteiger partial charge in [0.2, 0.25) is 5.09 Å². The highest BCUT2D eigenvalue weighted by atomic mass is 79.9. The summed E-state index contributed by atoms with van der Waals surface area (Å²) in [6.07, 6.45) is 1.46. The molecule has 0 bridgehead atoms. The Morgan fingerprint density at radius 1 is 1.21 bits per heavy atom. The number of anilines is 1. The molecule has 0 atom stereocenters. The minimum absolute atomic E-state index is 0.193. The lowest BCUT2D eigenvalue weighted by Crippen LogP contribution is -2.48. The van der Waals surface area contributed by atoms with E-state index in [0.717, 1.165) is 5.39 Å². The van der Waals surface area contributed by atoms with Gasteiger partial charge in [0.25, 0.3) is 15.9 Å². The van der Waals surface area contributed by atoms with Crippen LogP contribution in [0.1, 0.15) is 10.6 Å². The van der Waals surface area contributed by atoms with Gasteiger partial charge in [-0.2, -0.15) is 9.40 Å². The van der Waals surface area contributed by atoms with Gasteiger partial charge in [0.15, 0.2) is 11.4 Å². The number of nitrogens with two attached hydrogens (primary N) is 1. The van der Waals surface area contributed by atoms with Gasteiger partial charge in [-0.25, -0.2) is 23.1 Å². The molecule has 0 unspecified atom stereocenters. The lowest BCUT2D eigenvalue weighted by Gasteiger charge is -2.34. The van der Waals surface area contributed by atoms with Gasteiger partial charge in [0.05, 0.1) is 5.39 Å². The molecule has 3 aromatic heterocycles. The molecule has 1 amide bonds. The van der Waals surface area contributed by atoms with Gasteiger partial charge in [-0.3, -0.25) is 4.79 Å². The fraction of sp³-hybridized carbons (Fsp3) is 0.333. The average Bonchev–Trinajstić information content (AvgIpc) is 3.28. The first-order valence-corrected chi connectivity index (χ1v) is 10.5. The minimum atomic E-state index is -3.85. The smallest absolute Gasteiger partial charge is 0.284 e. The summed E-state index contributed by atoms with van der Waals surface area (Å²) in [5, 5.41) is 4.78. The molecule has 148 valence electrons. The van der Waals surface area contributed by atoms with Gasteiger partial charge in [-0.05, 0) is 28.1 Å². The zero-order valence-corrected chi connectivity index (χ0v) is 17.1. The molecule has 28 heavy (non-hydrogen) atoms. The summed E-state index contributed by atoms with van der Waals surface area (Å²) in [5.41, 5.74) is 5.80. The zero-order chi connectivity index (χ0) is 20.1. The SMILES string of the molecule is Cn1nc(Br)c2c(N3CCN(S(=O)(=O)c4ccc(C(N)=O)o4)CC3)ncnc21. The number of halogens is 1. The van der Waals surface area contributed by atoms with Crippen LogP contribution >= 0.6 is 15.9 Å². The Morgan fingerprint density at radius 2 is 1.93 bits per heavy atom. The Kier molecular flexibility index (Phi) is 4.59. The average molecular weight is 470 g/mol. The van der Waals surface area contributed by atoms with E-state index < -0.39 is 15.9 Å². The normalized spacial score (nSPS) is 16.0. The fourth-order valence-electron chi connectivity index (χ4n) is 3.12. The quantitative estimate of drug-likeness (QED) is 0.575. The molecule has 2 N–H and O–H groups in total. The van der Waals surface area contributed by atoms with Crippen molar-refractivity contribution >= 4 is 48.7 Å². The summed E-state index contributed by atoms with van der Waals surface area (Å²) in [4.78, 5) is 21.7. The lowest BCUT2D eigenvalue weighted by molar-refractivity contribution is 0.0968. The van der Waals surface area contributed by atoms with Crippen LogP contribution in [0.25, 0.3) is 11.0 Å². The number of furan rings is 1. The molecule has 1 saturated heterocycles. The number of aromatic nitrogens is 4. The highest BCUT2D eigenvalue weighted by Crippen LogP contribution is 2.30. The van der Waals surface area contributed by atoms with Crippen LogP contribution in [-0.4, -0.2) is 64.6 Å². The first-order valence-electron chi connectivity index (χ1n) is 8.27. The van der Waals surface area contributed by atoms with Gasteiger partial charge in [0, 0.05) is 33.2 Å². The number of aryl methyl sites for hydroxylation is 1. The summed E-state index contributed by atoms with van der Waals surface area (Å²) in [6.45, 7) is 1.32. The largest absolute Gasteiger partial charge is 0.438 e. The van der Waals surface area contributed by atoms with Crippen LogP contribution in [0.3, 0.4) is 0 Å². The molecular weight excluding hydrogens is 454 g/mol. The first-order chi connectivity index (χ1) is 13.3. The van der Waals surface area contributed by atoms with Crippen LogP contribution in [-0.2, 0) is 17.1 Å². The molecule has 4 heterocycles. The van der Waals surface area contributed by atoms with E-state index in [2.05, 4.69) is 31.0 Å². The molecule has 0 aliphatic carbocycles. The van der Waals surface area contributed by atoms with Gasteiger partial charge in [-0.1, -0.05) is 0 Å². The Morgan fingerprint density at radius 3 is 2.57 bits per heavy atom. The van der Waals surface area contributed by atoms with Crippen LogP contribution in [0, 0.1) is 0 Å². The second-order valence-corrected chi connectivity index (χ2v) is 8.80. The predicted molar refractivity (Wildman–Crippen MR) is 102 cm³/mol. The van der Waals surface area contributed by atoms with Gasteiger partial charge < -0.3 is 15.1 Å². The molecule has 3 aromatic rings. The molecule has 0 radical (unpaired) electrons. The zero-order valence-electron chi connectivity index (χ0n) is 14.7. The Hall–Kier alpha value is -2.51. The van der Waals surface area contributed by atoms with Crippen molar-refractivity contribution in [2.24, 2.45) is 12.8 Å². The number of primary amides is 1. The molecule has 13 heteroatoms. The summed E-state index contributed by atoms with van der Waals surface area (Å²) in [7, 11) is -2.06. The maximum absolute atomic E-state index is 12.8. The molecule has 0 saturated carbocycles. The van der Waals surface area contributed by atoms with Crippen molar-refractivity contribution in [2.45, 2.75) is 5.09 Å². The Balaban J connectivity index is 1.56. The third-order valence-corrected chi connectivity index (χ3v) is 6.84.